The third-order valence-electron chi connectivity index (χ3n) is 1.65. The fourth-order valence-corrected chi connectivity index (χ4v) is 1.04. The summed E-state index contributed by atoms with van der Waals surface area (Å²) in [6.07, 6.45) is 4.78. The largest absolute Gasteiger partial charge is 0.238 e. The van der Waals surface area contributed by atoms with E-state index in [4.69, 9.17) is 0 Å². The van der Waals surface area contributed by atoms with Crippen molar-refractivity contribution in [2.75, 3.05) is 0 Å². The molecule has 0 fully saturated rings. The monoisotopic (exact) mass is 163 g/mol. The predicted molar refractivity (Wildman–Crippen MR) is 48.8 cm³/mol. The molecule has 0 saturated carbocycles. The molecule has 12 heavy (non-hydrogen) atoms. The number of aromatic nitrogens is 2. The summed E-state index contributed by atoms with van der Waals surface area (Å²) >= 11 is 0. The van der Waals surface area contributed by atoms with Gasteiger partial charge < -0.3 is 0 Å². The van der Waals surface area contributed by atoms with Crippen LogP contribution in [0.5, 0.6) is 0 Å². The highest BCUT2D eigenvalue weighted by Crippen LogP contribution is 2.03. The average Bonchev–Trinajstić information content (AvgIpc) is 2.03. The van der Waals surface area contributed by atoms with Gasteiger partial charge in [0.1, 0.15) is 5.82 Å². The van der Waals surface area contributed by atoms with Crippen LogP contribution in [0.2, 0.25) is 0 Å². The maximum absolute atomic E-state index is 4.39. The van der Waals surface area contributed by atoms with Gasteiger partial charge in [0, 0.05) is 12.1 Å². The molecule has 1 rings (SSSR count). The van der Waals surface area contributed by atoms with Crippen LogP contribution in [-0.4, -0.2) is 9.97 Å². The highest BCUT2D eigenvalue weighted by atomic mass is 14.9. The van der Waals surface area contributed by atoms with Gasteiger partial charge >= 0.3 is 0 Å². The molecule has 0 aliphatic carbocycles. The van der Waals surface area contributed by atoms with Crippen molar-refractivity contribution in [1.82, 2.24) is 9.97 Å². The molecule has 0 N–H and O–H groups in total. The Morgan fingerprint density at radius 3 is 2.83 bits per heavy atom. The number of hydrogen-bond donors (Lipinski definition) is 0. The molecule has 2 nitrogen and oxygen atoms in total. The fourth-order valence-electron chi connectivity index (χ4n) is 1.04. The molecule has 0 saturated heterocycles. The summed E-state index contributed by atoms with van der Waals surface area (Å²) in [5.41, 5.74) is 1.08. The van der Waals surface area contributed by atoms with Gasteiger partial charge in [0.05, 0.1) is 6.20 Å². The molecule has 2 heteroatoms. The van der Waals surface area contributed by atoms with E-state index in [9.17, 15) is 0 Å². The second-order valence-electron chi connectivity index (χ2n) is 3.36. The van der Waals surface area contributed by atoms with Gasteiger partial charge in [-0.1, -0.05) is 20.8 Å². The summed E-state index contributed by atoms with van der Waals surface area (Å²) in [7, 11) is 0. The molecule has 0 aliphatic heterocycles. The number of aryl methyl sites for hydroxylation is 1. The molecule has 0 unspecified atom stereocenters. The molecule has 0 amide bonds. The van der Waals surface area contributed by atoms with Crippen molar-refractivity contribution < 1.29 is 0 Å². The van der Waals surface area contributed by atoms with Crippen LogP contribution in [0.25, 0.3) is 0 Å². The lowest BCUT2D eigenvalue weighted by Gasteiger charge is -2.03. The van der Waals surface area contributed by atoms with Gasteiger partial charge in [-0.05, 0) is 18.4 Å². The Morgan fingerprint density at radius 2 is 2.25 bits per heavy atom. The lowest BCUT2D eigenvalue weighted by molar-refractivity contribution is 0.617. The van der Waals surface area contributed by atoms with Crippen molar-refractivity contribution in [3.05, 3.63) is 23.8 Å². The predicted octanol–water partition coefficient (Wildman–Crippen LogP) is 2.04. The summed E-state index contributed by atoms with van der Waals surface area (Å²) in [6.45, 7) is 6.43. The maximum atomic E-state index is 4.39. The van der Waals surface area contributed by atoms with E-state index in [1.165, 1.54) is 0 Å². The molecule has 0 atom stereocenters. The van der Waals surface area contributed by atoms with Gasteiger partial charge in [-0.25, -0.2) is 9.97 Å². The topological polar surface area (TPSA) is 25.8 Å². The Kier molecular flexibility index (Phi) is 3.20. The van der Waals surface area contributed by atoms with Crippen molar-refractivity contribution in [1.29, 1.82) is 0 Å². The summed E-state index contributed by atoms with van der Waals surface area (Å²) in [4.78, 5) is 8.48. The first-order valence-corrected chi connectivity index (χ1v) is 4.45. The molecule has 1 radical (unpaired) electrons. The minimum Gasteiger partial charge on any atom is -0.238 e. The van der Waals surface area contributed by atoms with E-state index in [0.29, 0.717) is 5.92 Å². The van der Waals surface area contributed by atoms with Gasteiger partial charge in [-0.15, -0.1) is 0 Å². The van der Waals surface area contributed by atoms with E-state index in [-0.39, 0.29) is 0 Å². The van der Waals surface area contributed by atoms with Crippen LogP contribution >= 0.6 is 0 Å². The Balaban J connectivity index is 2.72. The van der Waals surface area contributed by atoms with Gasteiger partial charge in [0.15, 0.2) is 0 Å². The molecule has 1 aromatic heterocycles. The van der Waals surface area contributed by atoms with Crippen LogP contribution in [0, 0.1) is 12.1 Å². The molecule has 0 aromatic carbocycles. The van der Waals surface area contributed by atoms with E-state index in [0.717, 1.165) is 24.4 Å². The number of nitrogens with zero attached hydrogens (tertiary/aromatic N) is 2. The lowest BCUT2D eigenvalue weighted by Crippen LogP contribution is -2.02. The first kappa shape index (κ1) is 9.17. The Labute approximate surface area is 74.1 Å². The minimum atomic E-state index is 0.616. The molecule has 1 aromatic rings. The molecular formula is C10H15N2. The second-order valence-corrected chi connectivity index (χ2v) is 3.36. The van der Waals surface area contributed by atoms with Gasteiger partial charge in [0.2, 0.25) is 0 Å². The van der Waals surface area contributed by atoms with Crippen molar-refractivity contribution in [3.8, 4) is 0 Å². The van der Waals surface area contributed by atoms with Gasteiger partial charge in [-0.2, -0.15) is 0 Å². The molecule has 0 bridgehead atoms. The van der Waals surface area contributed by atoms with Crippen LogP contribution in [0.1, 0.15) is 32.3 Å². The minimum absolute atomic E-state index is 0.616. The van der Waals surface area contributed by atoms with E-state index in [1.54, 1.807) is 0 Å². The Hall–Kier alpha value is -0.920. The van der Waals surface area contributed by atoms with Gasteiger partial charge in [-0.3, -0.25) is 0 Å². The zero-order chi connectivity index (χ0) is 8.97. The van der Waals surface area contributed by atoms with Crippen LogP contribution in [-0.2, 0) is 12.8 Å². The maximum Gasteiger partial charge on any atom is 0.129 e. The van der Waals surface area contributed by atoms with Crippen molar-refractivity contribution >= 4 is 0 Å². The third kappa shape index (κ3) is 2.61. The van der Waals surface area contributed by atoms with Crippen molar-refractivity contribution in [2.45, 2.75) is 33.6 Å². The molecular weight excluding hydrogens is 148 g/mol. The fraction of sp³-hybridized carbons (Fsp3) is 0.600. The highest BCUT2D eigenvalue weighted by Gasteiger charge is 2.00. The summed E-state index contributed by atoms with van der Waals surface area (Å²) in [5.74, 6) is 1.54. The number of hydrogen-bond acceptors (Lipinski definition) is 2. The Bertz CT molecular complexity index is 243. The van der Waals surface area contributed by atoms with Gasteiger partial charge in [0.25, 0.3) is 0 Å². The summed E-state index contributed by atoms with van der Waals surface area (Å²) in [5, 5.41) is 0. The number of rotatable bonds is 3. The standard InChI is InChI=1S/C10H15N2/c1-4-9-5-6-11-10(12-9)7-8(2)3/h5,8H,4,7H2,1-3H3. The zero-order valence-electron chi connectivity index (χ0n) is 7.96. The smallest absolute Gasteiger partial charge is 0.129 e. The normalized spacial score (nSPS) is 10.7. The highest BCUT2D eigenvalue weighted by molar-refractivity contribution is 5.01. The zero-order valence-corrected chi connectivity index (χ0v) is 7.96. The Morgan fingerprint density at radius 1 is 1.50 bits per heavy atom. The van der Waals surface area contributed by atoms with E-state index in [1.807, 2.05) is 6.07 Å². The van der Waals surface area contributed by atoms with Crippen LogP contribution < -0.4 is 0 Å². The van der Waals surface area contributed by atoms with Crippen LogP contribution in [0.4, 0.5) is 0 Å². The molecule has 1 heterocycles. The third-order valence-corrected chi connectivity index (χ3v) is 1.65. The molecule has 0 aliphatic rings. The van der Waals surface area contributed by atoms with E-state index >= 15 is 0 Å². The van der Waals surface area contributed by atoms with Crippen LogP contribution in [0.15, 0.2) is 6.07 Å². The van der Waals surface area contributed by atoms with Crippen molar-refractivity contribution in [3.63, 3.8) is 0 Å². The summed E-state index contributed by atoms with van der Waals surface area (Å²) in [6, 6.07) is 1.85. The SMILES string of the molecule is CCc1c[c]nc(CC(C)C)n1. The van der Waals surface area contributed by atoms with Crippen molar-refractivity contribution in [2.24, 2.45) is 5.92 Å². The van der Waals surface area contributed by atoms with Crippen LogP contribution in [0.3, 0.4) is 0 Å². The van der Waals surface area contributed by atoms with E-state index < -0.39 is 0 Å². The van der Waals surface area contributed by atoms with E-state index in [2.05, 4.69) is 36.9 Å². The molecule has 0 spiro atoms. The quantitative estimate of drug-likeness (QED) is 0.681. The summed E-state index contributed by atoms with van der Waals surface area (Å²) < 4.78 is 0. The lowest BCUT2D eigenvalue weighted by atomic mass is 10.1. The molecule has 65 valence electrons. The first-order chi connectivity index (χ1) is 5.72. The average molecular weight is 163 g/mol. The first-order valence-electron chi connectivity index (χ1n) is 4.45. The second kappa shape index (κ2) is 4.19.